The zero-order chi connectivity index (χ0) is 83.6. The molecule has 1 aliphatic rings. The smallest absolute Gasteiger partial charge is 0.326 e. The number of benzene rings is 1. The maximum atomic E-state index is 14.1. The molecule has 0 saturated carbocycles. The van der Waals surface area contributed by atoms with Crippen LogP contribution in [0, 0.1) is 5.92 Å². The molecule has 0 unspecified atom stereocenters. The van der Waals surface area contributed by atoms with Crippen molar-refractivity contribution < 1.29 is 122 Å². The Balaban J connectivity index is 2.21. The fourth-order valence-electron chi connectivity index (χ4n) is 9.98. The van der Waals surface area contributed by atoms with Crippen LogP contribution in [-0.4, -0.2) is 282 Å². The number of nitrogens with one attached hydrogen (secondary N) is 16. The van der Waals surface area contributed by atoms with E-state index >= 15 is 0 Å². The van der Waals surface area contributed by atoms with Crippen LogP contribution in [0.3, 0.4) is 0 Å². The third-order valence-electron chi connectivity index (χ3n) is 16.6. The van der Waals surface area contributed by atoms with Crippen LogP contribution in [0.1, 0.15) is 99.0 Å². The van der Waals surface area contributed by atoms with Crippen molar-refractivity contribution >= 4 is 163 Å². The van der Waals surface area contributed by atoms with E-state index in [0.717, 1.165) is 13.8 Å². The van der Waals surface area contributed by atoms with E-state index in [0.29, 0.717) is 24.9 Å². The number of phenols is 1. The molecule has 110 heavy (non-hydrogen) atoms. The van der Waals surface area contributed by atoms with Crippen LogP contribution < -0.4 is 90.8 Å². The summed E-state index contributed by atoms with van der Waals surface area (Å²) in [6.07, 6.45) is -5.41. The Hall–Kier alpha value is -9.77. The maximum Gasteiger partial charge on any atom is 0.326 e. The fourth-order valence-corrected chi connectivity index (χ4v) is 11.0. The number of carboxylic acids is 3. The van der Waals surface area contributed by atoms with E-state index in [-0.39, 0.29) is 18.6 Å². The molecule has 0 bridgehead atoms. The van der Waals surface area contributed by atoms with Gasteiger partial charge in [0.05, 0.1) is 37.6 Å². The summed E-state index contributed by atoms with van der Waals surface area (Å²) in [4.78, 5) is 249. The van der Waals surface area contributed by atoms with Crippen molar-refractivity contribution in [2.45, 2.75) is 203 Å². The number of hydrogen-bond acceptors (Lipinski definition) is 27. The predicted octanol–water partition coefficient (Wildman–Crippen LogP) is -9.52. The Morgan fingerprint density at radius 3 is 1.29 bits per heavy atom. The number of carboxylic acid groups (broad SMARTS) is 3. The topological polar surface area (TPSA) is 664 Å². The number of phenolic OH excluding ortho intramolecular Hbond substituents is 1. The van der Waals surface area contributed by atoms with E-state index in [1.807, 2.05) is 5.32 Å². The molecule has 0 aliphatic carbocycles. The Labute approximate surface area is 652 Å². The van der Waals surface area contributed by atoms with Gasteiger partial charge in [-0.2, -0.15) is 50.5 Å². The molecule has 2 rings (SSSR count). The molecule has 1 aromatic rings. The number of aliphatic carboxylic acids is 3. The van der Waals surface area contributed by atoms with Crippen LogP contribution in [-0.2, 0) is 97.5 Å². The van der Waals surface area contributed by atoms with Gasteiger partial charge in [-0.1, -0.05) is 32.4 Å². The molecular formula is C64H99N17O25S4. The number of hydrogen-bond donors (Lipinski definition) is 27. The van der Waals surface area contributed by atoms with E-state index in [1.165, 1.54) is 52.0 Å². The third-order valence-corrected chi connectivity index (χ3v) is 18.0. The van der Waals surface area contributed by atoms with Gasteiger partial charge in [-0.3, -0.25) is 86.3 Å². The molecule has 1 aliphatic heterocycles. The Kier molecular flexibility index (Phi) is 42.0. The summed E-state index contributed by atoms with van der Waals surface area (Å²) in [5.41, 5.74) is 5.68. The number of primary amides is 1. The number of aromatic hydroxyl groups is 1. The Morgan fingerprint density at radius 2 is 0.845 bits per heavy atom. The molecular weight excluding hydrogens is 1540 g/mol. The first-order valence-electron chi connectivity index (χ1n) is 34.3. The molecule has 0 radical (unpaired) electrons. The Morgan fingerprint density at radius 1 is 0.455 bits per heavy atom. The lowest BCUT2D eigenvalue weighted by Gasteiger charge is -2.29. The molecule has 46 heteroatoms. The zero-order valence-electron chi connectivity index (χ0n) is 60.9. The van der Waals surface area contributed by atoms with Crippen LogP contribution in [0.5, 0.6) is 5.75 Å². The normalized spacial score (nSPS) is 17.0. The first-order valence-corrected chi connectivity index (χ1v) is 36.8. The summed E-state index contributed by atoms with van der Waals surface area (Å²) in [6.45, 7) is 8.56. The minimum absolute atomic E-state index is 0.166. The molecule has 614 valence electrons. The zero-order valence-corrected chi connectivity index (χ0v) is 64.5. The van der Waals surface area contributed by atoms with Crippen molar-refractivity contribution in [1.82, 2.24) is 85.1 Å². The molecule has 16 amide bonds. The first kappa shape index (κ1) is 96.3. The second kappa shape index (κ2) is 48.0. The van der Waals surface area contributed by atoms with Crippen molar-refractivity contribution in [3.05, 3.63) is 29.8 Å². The second-order valence-electron chi connectivity index (χ2n) is 25.6. The van der Waals surface area contributed by atoms with Gasteiger partial charge in [0, 0.05) is 35.9 Å². The van der Waals surface area contributed by atoms with Crippen molar-refractivity contribution in [3.8, 4) is 5.75 Å². The number of carbonyl (C=O) groups excluding carboxylic acids is 16. The van der Waals surface area contributed by atoms with Gasteiger partial charge in [-0.05, 0) is 84.0 Å². The maximum absolute atomic E-state index is 14.1. The highest BCUT2D eigenvalue weighted by atomic mass is 32.1. The van der Waals surface area contributed by atoms with Gasteiger partial charge in [-0.15, -0.1) is 0 Å². The van der Waals surface area contributed by atoms with Crippen molar-refractivity contribution in [3.63, 3.8) is 0 Å². The summed E-state index contributed by atoms with van der Waals surface area (Å²) in [6, 6.07) is -18.0. The molecule has 1 fully saturated rings. The van der Waals surface area contributed by atoms with Crippen molar-refractivity contribution in [1.29, 1.82) is 0 Å². The van der Waals surface area contributed by atoms with E-state index in [2.05, 4.69) is 130 Å². The number of thiol groups is 4. The van der Waals surface area contributed by atoms with Gasteiger partial charge in [0.1, 0.15) is 90.3 Å². The second-order valence-corrected chi connectivity index (χ2v) is 27.0. The van der Waals surface area contributed by atoms with Gasteiger partial charge < -0.3 is 121 Å². The van der Waals surface area contributed by atoms with Gasteiger partial charge in [-0.25, -0.2) is 4.79 Å². The van der Waals surface area contributed by atoms with Crippen LogP contribution in [0.2, 0.25) is 0 Å². The lowest BCUT2D eigenvalue weighted by Crippen LogP contribution is -2.62. The van der Waals surface area contributed by atoms with Crippen LogP contribution in [0.15, 0.2) is 24.3 Å². The largest absolute Gasteiger partial charge is 0.508 e. The lowest BCUT2D eigenvalue weighted by molar-refractivity contribution is -0.147. The summed E-state index contributed by atoms with van der Waals surface area (Å²) in [7, 11) is 0. The van der Waals surface area contributed by atoms with Gasteiger partial charge in [0.2, 0.25) is 94.5 Å². The molecule has 1 saturated heterocycles. The van der Waals surface area contributed by atoms with Crippen LogP contribution >= 0.6 is 50.5 Å². The van der Waals surface area contributed by atoms with Crippen molar-refractivity contribution in [2.75, 3.05) is 36.1 Å². The number of nitrogens with two attached hydrogens (primary N) is 1. The standard InChI is InChI=1S/C64H99N17O25S4/c1-8-26(2)47(79-54(95)35(15-16-45(87)88)72-59(100)41(24-109)78-63(104)49(31(7)83)81-56(97)37(19-43(65)85)74-53(94)34-10-9-17-66-34)62(103)77-40(23-108)57(98)70-29(5)51(92)73-36(18-32-11-13-33(84)14-12-32)55(96)69-27(3)50(91)68-28(4)52(93)76-42(25-110)60(101)80-48(30(6)82)61(102)67-21-44(86)71-39(22-107)58(99)75-38(64(105)106)20-46(89)90/h11-14,26-31,34-42,47-49,66,82-84,107-110H,8-10,15-25H2,1-7H3,(H2,65,85)(H,67,102)(H,68,91)(H,69,96)(H,70,98)(H,71,86)(H,72,100)(H,73,92)(H,74,94)(H,75,99)(H,76,93)(H,77,103)(H,78,104)(H,79,95)(H,80,101)(H,81,97)(H,87,88)(H,89,90)(H,105,106)/t26-,27-,28-,29-,30+,31+,34-,35-,36-,37-,38-,39-,40-,41-,42-,47-,48-,49-/m0/s1. The van der Waals surface area contributed by atoms with Crippen LogP contribution in [0.25, 0.3) is 0 Å². The summed E-state index contributed by atoms with van der Waals surface area (Å²) >= 11 is 16.4. The molecule has 42 nitrogen and oxygen atoms in total. The van der Waals surface area contributed by atoms with Gasteiger partial charge in [0.25, 0.3) is 0 Å². The summed E-state index contributed by atoms with van der Waals surface area (Å²) < 4.78 is 0. The average Bonchev–Trinajstić information content (AvgIpc) is 0.879. The minimum atomic E-state index is -1.87. The molecule has 1 aromatic carbocycles. The molecule has 0 aromatic heterocycles. The molecule has 0 spiro atoms. The highest BCUT2D eigenvalue weighted by molar-refractivity contribution is 7.80. The fraction of sp³-hybridized carbons (Fsp3) is 0.609. The van der Waals surface area contributed by atoms with E-state index in [4.69, 9.17) is 10.8 Å². The SMILES string of the molecule is CC[C@H](C)[C@H](NC(=O)[C@H](CCC(=O)O)NC(=O)[C@H](CS)NC(=O)[C@@H](NC(=O)[C@H](CC(N)=O)NC(=O)[C@@H]1CCCN1)[C@@H](C)O)C(=O)N[C@@H](CS)C(=O)N[C@@H](C)C(=O)N[C@@H](Cc1ccc(O)cc1)C(=O)N[C@@H](C)C(=O)N[C@@H](C)C(=O)N[C@@H](CS)C(=O)N[C@H](C(=O)NCC(=O)N[C@@H](CS)C(=O)N[C@@H](CC(=O)O)C(=O)O)[C@@H](C)O. The quantitative estimate of drug-likeness (QED) is 0.0269. The van der Waals surface area contributed by atoms with Gasteiger partial charge in [0.15, 0.2) is 0 Å². The number of aliphatic hydroxyl groups excluding tert-OH is 2. The number of amides is 16. The molecule has 18 atom stereocenters. The minimum Gasteiger partial charge on any atom is -0.508 e. The third kappa shape index (κ3) is 33.2. The van der Waals surface area contributed by atoms with Crippen LogP contribution in [0.4, 0.5) is 0 Å². The molecule has 24 N–H and O–H groups in total. The van der Waals surface area contributed by atoms with E-state index in [1.54, 1.807) is 6.92 Å². The highest BCUT2D eigenvalue weighted by Crippen LogP contribution is 2.15. The first-order chi connectivity index (χ1) is 51.5. The predicted molar refractivity (Wildman–Crippen MR) is 399 cm³/mol. The summed E-state index contributed by atoms with van der Waals surface area (Å²) in [5.74, 6) is -24.0. The molecule has 1 heterocycles. The Bertz CT molecular complexity index is 3470. The van der Waals surface area contributed by atoms with E-state index in [9.17, 15) is 117 Å². The summed E-state index contributed by atoms with van der Waals surface area (Å²) in [5, 5.41) is 96.2. The lowest BCUT2D eigenvalue weighted by atomic mass is 9.97. The van der Waals surface area contributed by atoms with E-state index < -0.39 is 276 Å². The number of rotatable bonds is 48. The number of aliphatic hydroxyl groups is 2. The monoisotopic (exact) mass is 1630 g/mol. The van der Waals surface area contributed by atoms with Gasteiger partial charge >= 0.3 is 17.9 Å². The highest BCUT2D eigenvalue weighted by Gasteiger charge is 2.39. The van der Waals surface area contributed by atoms with Crippen molar-refractivity contribution in [2.24, 2.45) is 11.7 Å². The number of carbonyl (C=O) groups is 19. The average molecular weight is 1630 g/mol.